The molecule has 1 aromatic heterocycles. The molecule has 106 valence electrons. The highest BCUT2D eigenvalue weighted by Crippen LogP contribution is 2.45. The third-order valence-corrected chi connectivity index (χ3v) is 5.17. The van der Waals surface area contributed by atoms with E-state index in [1.165, 1.54) is 24.1 Å². The van der Waals surface area contributed by atoms with E-state index >= 15 is 0 Å². The molecule has 2 N–H and O–H groups in total. The third kappa shape index (κ3) is 1.93. The maximum Gasteiger partial charge on any atom is 0.0678 e. The van der Waals surface area contributed by atoms with Crippen LogP contribution in [0.3, 0.4) is 0 Å². The fourth-order valence-electron chi connectivity index (χ4n) is 3.92. The van der Waals surface area contributed by atoms with Gasteiger partial charge in [-0.15, -0.1) is 0 Å². The van der Waals surface area contributed by atoms with Crippen molar-refractivity contribution in [2.45, 2.75) is 57.0 Å². The normalized spacial score (nSPS) is 26.9. The van der Waals surface area contributed by atoms with Crippen LogP contribution >= 0.6 is 0 Å². The van der Waals surface area contributed by atoms with Gasteiger partial charge in [-0.1, -0.05) is 0 Å². The fourth-order valence-corrected chi connectivity index (χ4v) is 3.92. The molecule has 2 heterocycles. The molecule has 1 saturated heterocycles. The van der Waals surface area contributed by atoms with Crippen molar-refractivity contribution in [2.24, 2.45) is 12.8 Å². The van der Waals surface area contributed by atoms with E-state index in [0.29, 0.717) is 0 Å². The van der Waals surface area contributed by atoms with Crippen molar-refractivity contribution in [3.8, 4) is 0 Å². The Morgan fingerprint density at radius 2 is 1.95 bits per heavy atom. The molecule has 1 spiro atoms. The molecule has 1 aliphatic carbocycles. The van der Waals surface area contributed by atoms with Crippen LogP contribution in [0.1, 0.15) is 44.9 Å². The lowest BCUT2D eigenvalue weighted by atomic mass is 9.71. The van der Waals surface area contributed by atoms with E-state index in [4.69, 9.17) is 5.73 Å². The van der Waals surface area contributed by atoms with Crippen LogP contribution in [-0.2, 0) is 18.9 Å². The highest BCUT2D eigenvalue weighted by atomic mass is 15.3. The zero-order chi connectivity index (χ0) is 13.8. The summed E-state index contributed by atoms with van der Waals surface area (Å²) in [7, 11) is 2.02. The van der Waals surface area contributed by atoms with Gasteiger partial charge < -0.3 is 5.73 Å². The summed E-state index contributed by atoms with van der Waals surface area (Å²) in [5, 5.41) is 4.58. The summed E-state index contributed by atoms with van der Waals surface area (Å²) in [6.45, 7) is 9.19. The van der Waals surface area contributed by atoms with Gasteiger partial charge in [0.05, 0.1) is 5.69 Å². The average Bonchev–Trinajstić information content (AvgIpc) is 2.78. The van der Waals surface area contributed by atoms with Crippen molar-refractivity contribution < 1.29 is 0 Å². The Kier molecular flexibility index (Phi) is 2.81. The van der Waals surface area contributed by atoms with Gasteiger partial charge in [0.25, 0.3) is 0 Å². The van der Waals surface area contributed by atoms with Crippen molar-refractivity contribution in [3.05, 3.63) is 17.5 Å². The molecule has 0 radical (unpaired) electrons. The summed E-state index contributed by atoms with van der Waals surface area (Å²) in [5.41, 5.74) is 9.59. The van der Waals surface area contributed by atoms with Crippen LogP contribution in [0.25, 0.3) is 0 Å². The zero-order valence-corrected chi connectivity index (χ0v) is 12.6. The number of aryl methyl sites for hydroxylation is 1. The zero-order valence-electron chi connectivity index (χ0n) is 12.6. The first-order valence-corrected chi connectivity index (χ1v) is 7.36. The predicted octanol–water partition coefficient (Wildman–Crippen LogP) is 1.44. The van der Waals surface area contributed by atoms with Crippen molar-refractivity contribution in [1.82, 2.24) is 14.7 Å². The molecule has 1 fully saturated rings. The number of rotatable bonds is 0. The van der Waals surface area contributed by atoms with Crippen LogP contribution < -0.4 is 5.73 Å². The van der Waals surface area contributed by atoms with E-state index in [2.05, 4.69) is 37.0 Å². The number of hydrogen-bond donors (Lipinski definition) is 1. The van der Waals surface area contributed by atoms with Crippen LogP contribution in [0.2, 0.25) is 0 Å². The van der Waals surface area contributed by atoms with Gasteiger partial charge in [-0.25, -0.2) is 0 Å². The van der Waals surface area contributed by atoms with Crippen LogP contribution in [-0.4, -0.2) is 39.4 Å². The van der Waals surface area contributed by atoms with E-state index in [1.807, 2.05) is 11.7 Å². The second-order valence-electron chi connectivity index (χ2n) is 7.29. The van der Waals surface area contributed by atoms with Crippen LogP contribution in [0.5, 0.6) is 0 Å². The maximum absolute atomic E-state index is 6.48. The van der Waals surface area contributed by atoms with Crippen molar-refractivity contribution in [2.75, 3.05) is 13.1 Å². The molecular formula is C15H26N4. The van der Waals surface area contributed by atoms with Crippen molar-refractivity contribution in [3.63, 3.8) is 0 Å². The topological polar surface area (TPSA) is 47.1 Å². The number of likely N-dealkylation sites (tertiary alicyclic amines) is 1. The number of aromatic nitrogens is 2. The summed E-state index contributed by atoms with van der Waals surface area (Å²) in [6, 6.07) is 0.258. The lowest BCUT2D eigenvalue weighted by Gasteiger charge is -2.47. The minimum atomic E-state index is 0.186. The van der Waals surface area contributed by atoms with E-state index in [-0.39, 0.29) is 17.0 Å². The largest absolute Gasteiger partial charge is 0.327 e. The molecular weight excluding hydrogens is 236 g/mol. The van der Waals surface area contributed by atoms with Gasteiger partial charge in [-0.2, -0.15) is 5.10 Å². The Hall–Kier alpha value is -0.870. The minimum absolute atomic E-state index is 0.186. The average molecular weight is 262 g/mol. The predicted molar refractivity (Wildman–Crippen MR) is 77.1 cm³/mol. The number of nitrogens with two attached hydrogens (primary N) is 1. The highest BCUT2D eigenvalue weighted by molar-refractivity contribution is 5.38. The van der Waals surface area contributed by atoms with E-state index in [9.17, 15) is 0 Å². The SMILES string of the molecule is Cn1cc2c(n1)C[C@@H](N)C21CCN(C(C)(C)C)CC1. The molecule has 0 amide bonds. The van der Waals surface area contributed by atoms with E-state index in [1.54, 1.807) is 0 Å². The van der Waals surface area contributed by atoms with Crippen molar-refractivity contribution in [1.29, 1.82) is 0 Å². The molecule has 1 aromatic rings. The van der Waals surface area contributed by atoms with Crippen LogP contribution in [0.15, 0.2) is 6.20 Å². The molecule has 4 heteroatoms. The van der Waals surface area contributed by atoms with Gasteiger partial charge in [0.1, 0.15) is 0 Å². The Balaban J connectivity index is 1.86. The number of fused-ring (bicyclic) bond motifs is 2. The smallest absolute Gasteiger partial charge is 0.0678 e. The Bertz CT molecular complexity index is 475. The van der Waals surface area contributed by atoms with Crippen LogP contribution in [0, 0.1) is 0 Å². The summed E-state index contributed by atoms with van der Waals surface area (Å²) in [6.07, 6.45) is 5.49. The number of piperidine rings is 1. The monoisotopic (exact) mass is 262 g/mol. The lowest BCUT2D eigenvalue weighted by Crippen LogP contribution is -2.54. The molecule has 0 aromatic carbocycles. The molecule has 0 bridgehead atoms. The highest BCUT2D eigenvalue weighted by Gasteiger charge is 2.49. The molecule has 1 aliphatic heterocycles. The lowest BCUT2D eigenvalue weighted by molar-refractivity contribution is 0.0687. The van der Waals surface area contributed by atoms with Crippen molar-refractivity contribution >= 4 is 0 Å². The number of hydrogen-bond acceptors (Lipinski definition) is 3. The second kappa shape index (κ2) is 4.06. The Morgan fingerprint density at radius 3 is 2.53 bits per heavy atom. The van der Waals surface area contributed by atoms with Gasteiger partial charge in [0, 0.05) is 42.2 Å². The van der Waals surface area contributed by atoms with Gasteiger partial charge in [-0.3, -0.25) is 9.58 Å². The summed E-state index contributed by atoms with van der Waals surface area (Å²) in [4.78, 5) is 2.58. The quantitative estimate of drug-likeness (QED) is 0.769. The summed E-state index contributed by atoms with van der Waals surface area (Å²) < 4.78 is 1.95. The van der Waals surface area contributed by atoms with Gasteiger partial charge in [0.2, 0.25) is 0 Å². The standard InChI is InChI=1S/C15H26N4/c1-14(2,3)19-7-5-15(6-8-19)11-10-18(4)17-12(11)9-13(15)16/h10,13H,5-9,16H2,1-4H3/t13-/m1/s1. The maximum atomic E-state index is 6.48. The molecule has 2 aliphatic rings. The molecule has 3 rings (SSSR count). The first kappa shape index (κ1) is 13.1. The molecule has 0 saturated carbocycles. The number of nitrogens with zero attached hydrogens (tertiary/aromatic N) is 3. The van der Waals surface area contributed by atoms with E-state index < -0.39 is 0 Å². The third-order valence-electron chi connectivity index (χ3n) is 5.17. The Morgan fingerprint density at radius 1 is 1.32 bits per heavy atom. The molecule has 4 nitrogen and oxygen atoms in total. The van der Waals surface area contributed by atoms with Gasteiger partial charge in [0.15, 0.2) is 0 Å². The molecule has 19 heavy (non-hydrogen) atoms. The molecule has 0 unspecified atom stereocenters. The van der Waals surface area contributed by atoms with Crippen LogP contribution in [0.4, 0.5) is 0 Å². The first-order valence-electron chi connectivity index (χ1n) is 7.36. The first-order chi connectivity index (χ1) is 8.83. The second-order valence-corrected chi connectivity index (χ2v) is 7.29. The Labute approximate surface area is 116 Å². The summed E-state index contributed by atoms with van der Waals surface area (Å²) in [5.74, 6) is 0. The van der Waals surface area contributed by atoms with E-state index in [0.717, 1.165) is 19.5 Å². The molecule has 1 atom stereocenters. The van der Waals surface area contributed by atoms with Gasteiger partial charge in [-0.05, 0) is 46.7 Å². The summed E-state index contributed by atoms with van der Waals surface area (Å²) >= 11 is 0. The van der Waals surface area contributed by atoms with Gasteiger partial charge >= 0.3 is 0 Å². The fraction of sp³-hybridized carbons (Fsp3) is 0.800. The minimum Gasteiger partial charge on any atom is -0.327 e.